The minimum atomic E-state index is -0.179. The zero-order valence-electron chi connectivity index (χ0n) is 11.1. The van der Waals surface area contributed by atoms with Gasteiger partial charge in [-0.2, -0.15) is 11.8 Å². The Morgan fingerprint density at radius 3 is 2.59 bits per heavy atom. The molecule has 1 aliphatic carbocycles. The fourth-order valence-corrected chi connectivity index (χ4v) is 3.57. The third kappa shape index (κ3) is 5.19. The smallest absolute Gasteiger partial charge is 0.144 e. The van der Waals surface area contributed by atoms with E-state index in [1.807, 2.05) is 13.8 Å². The Balaban J connectivity index is 2.14. The van der Waals surface area contributed by atoms with Gasteiger partial charge in [0.05, 0.1) is 0 Å². The predicted octanol–water partition coefficient (Wildman–Crippen LogP) is 3.61. The molecule has 1 fully saturated rings. The average Bonchev–Trinajstić information content (AvgIpc) is 2.35. The number of rotatable bonds is 6. The van der Waals surface area contributed by atoms with Crippen molar-refractivity contribution < 1.29 is 5.21 Å². The van der Waals surface area contributed by atoms with Gasteiger partial charge in [0.15, 0.2) is 0 Å². The Morgan fingerprint density at radius 2 is 2.00 bits per heavy atom. The molecule has 3 N–H and O–H groups in total. The quantitative estimate of drug-likeness (QED) is 0.251. The van der Waals surface area contributed by atoms with E-state index < -0.39 is 0 Å². The van der Waals surface area contributed by atoms with E-state index in [9.17, 15) is 0 Å². The number of nitrogens with two attached hydrogens (primary N) is 1. The first kappa shape index (κ1) is 14.7. The summed E-state index contributed by atoms with van der Waals surface area (Å²) in [5, 5.41) is 12.7. The monoisotopic (exact) mass is 258 g/mol. The predicted molar refractivity (Wildman–Crippen MR) is 75.8 cm³/mol. The van der Waals surface area contributed by atoms with E-state index in [2.05, 4.69) is 16.9 Å². The van der Waals surface area contributed by atoms with Crippen LogP contribution in [0.4, 0.5) is 0 Å². The lowest BCUT2D eigenvalue weighted by Crippen LogP contribution is -2.32. The van der Waals surface area contributed by atoms with Crippen LogP contribution in [0.15, 0.2) is 5.16 Å². The van der Waals surface area contributed by atoms with Crippen molar-refractivity contribution in [1.29, 1.82) is 0 Å². The molecule has 0 radical (unpaired) electrons. The number of hydrogen-bond donors (Lipinski definition) is 2. The van der Waals surface area contributed by atoms with Crippen molar-refractivity contribution in [2.75, 3.05) is 5.75 Å². The van der Waals surface area contributed by atoms with Crippen molar-refractivity contribution in [3.8, 4) is 0 Å². The number of nitrogens with zero attached hydrogens (tertiary/aromatic N) is 1. The van der Waals surface area contributed by atoms with Gasteiger partial charge in [-0.05, 0) is 31.4 Å². The fourth-order valence-electron chi connectivity index (χ4n) is 2.26. The highest BCUT2D eigenvalue weighted by Gasteiger charge is 2.23. The lowest BCUT2D eigenvalue weighted by molar-refractivity contribution is 0.305. The van der Waals surface area contributed by atoms with Gasteiger partial charge < -0.3 is 10.9 Å². The number of amidine groups is 1. The summed E-state index contributed by atoms with van der Waals surface area (Å²) in [5.41, 5.74) is 5.49. The van der Waals surface area contributed by atoms with Crippen molar-refractivity contribution >= 4 is 17.6 Å². The molecular weight excluding hydrogens is 232 g/mol. The molecule has 0 heterocycles. The summed E-state index contributed by atoms with van der Waals surface area (Å²) in [6, 6.07) is 0. The molecule has 3 nitrogen and oxygen atoms in total. The summed E-state index contributed by atoms with van der Waals surface area (Å²) >= 11 is 2.11. The maximum Gasteiger partial charge on any atom is 0.144 e. The van der Waals surface area contributed by atoms with Crippen molar-refractivity contribution in [2.45, 2.75) is 64.0 Å². The second-order valence-electron chi connectivity index (χ2n) is 5.60. The molecule has 0 bridgehead atoms. The van der Waals surface area contributed by atoms with Gasteiger partial charge in [-0.1, -0.05) is 38.3 Å². The molecule has 0 amide bonds. The summed E-state index contributed by atoms with van der Waals surface area (Å²) in [5.74, 6) is 1.55. The first-order chi connectivity index (χ1) is 8.06. The maximum absolute atomic E-state index is 8.69. The standard InChI is InChI=1S/C13H26N2OS/c1-13(2,12(14)15-16)9-6-10-17-11-7-4-3-5-8-11/h11,16H,3-10H2,1-2H3,(H2,14,15). The van der Waals surface area contributed by atoms with E-state index >= 15 is 0 Å². The molecule has 0 aromatic heterocycles. The van der Waals surface area contributed by atoms with Crippen molar-refractivity contribution in [3.05, 3.63) is 0 Å². The van der Waals surface area contributed by atoms with Crippen LogP contribution in [0.25, 0.3) is 0 Å². The summed E-state index contributed by atoms with van der Waals surface area (Å²) in [6.07, 6.45) is 9.17. The number of thioether (sulfide) groups is 1. The molecule has 0 atom stereocenters. The van der Waals surface area contributed by atoms with Gasteiger partial charge in [0.25, 0.3) is 0 Å². The van der Waals surface area contributed by atoms with Crippen LogP contribution in [-0.2, 0) is 0 Å². The molecule has 17 heavy (non-hydrogen) atoms. The fraction of sp³-hybridized carbons (Fsp3) is 0.923. The summed E-state index contributed by atoms with van der Waals surface area (Å²) < 4.78 is 0. The molecular formula is C13H26N2OS. The molecule has 1 saturated carbocycles. The third-order valence-corrected chi connectivity index (χ3v) is 5.12. The molecule has 0 aromatic rings. The zero-order chi connectivity index (χ0) is 12.7. The summed E-state index contributed by atoms with van der Waals surface area (Å²) in [4.78, 5) is 0. The van der Waals surface area contributed by atoms with Crippen LogP contribution < -0.4 is 5.73 Å². The van der Waals surface area contributed by atoms with E-state index in [-0.39, 0.29) is 5.41 Å². The SMILES string of the molecule is CC(C)(CCCSC1CCCCC1)C(N)=NO. The van der Waals surface area contributed by atoms with Crippen molar-refractivity contribution in [2.24, 2.45) is 16.3 Å². The van der Waals surface area contributed by atoms with Crippen molar-refractivity contribution in [3.63, 3.8) is 0 Å². The lowest BCUT2D eigenvalue weighted by Gasteiger charge is -2.24. The second-order valence-corrected chi connectivity index (χ2v) is 7.01. The van der Waals surface area contributed by atoms with Gasteiger partial charge in [0.2, 0.25) is 0 Å². The Hall–Kier alpha value is -0.380. The molecule has 0 unspecified atom stereocenters. The molecule has 100 valence electrons. The van der Waals surface area contributed by atoms with Crippen LogP contribution in [0.5, 0.6) is 0 Å². The highest BCUT2D eigenvalue weighted by atomic mass is 32.2. The average molecular weight is 258 g/mol. The molecule has 0 aliphatic heterocycles. The van der Waals surface area contributed by atoms with Crippen LogP contribution in [-0.4, -0.2) is 22.0 Å². The molecule has 0 saturated heterocycles. The minimum Gasteiger partial charge on any atom is -0.409 e. The molecule has 0 aromatic carbocycles. The zero-order valence-corrected chi connectivity index (χ0v) is 11.9. The second kappa shape index (κ2) is 7.14. The van der Waals surface area contributed by atoms with E-state index in [4.69, 9.17) is 10.9 Å². The highest BCUT2D eigenvalue weighted by Crippen LogP contribution is 2.30. The van der Waals surface area contributed by atoms with E-state index in [0.29, 0.717) is 5.84 Å². The number of oxime groups is 1. The molecule has 1 rings (SSSR count). The third-order valence-electron chi connectivity index (χ3n) is 3.65. The lowest BCUT2D eigenvalue weighted by atomic mass is 9.87. The van der Waals surface area contributed by atoms with Crippen LogP contribution in [0.1, 0.15) is 58.8 Å². The van der Waals surface area contributed by atoms with Crippen molar-refractivity contribution in [1.82, 2.24) is 0 Å². The van der Waals surface area contributed by atoms with Gasteiger partial charge in [0, 0.05) is 10.7 Å². The van der Waals surface area contributed by atoms with Crippen LogP contribution in [0, 0.1) is 5.41 Å². The van der Waals surface area contributed by atoms with Gasteiger partial charge in [-0.15, -0.1) is 0 Å². The van der Waals surface area contributed by atoms with Crippen LogP contribution in [0.3, 0.4) is 0 Å². The van der Waals surface area contributed by atoms with Gasteiger partial charge in [-0.3, -0.25) is 0 Å². The topological polar surface area (TPSA) is 58.6 Å². The van der Waals surface area contributed by atoms with Gasteiger partial charge in [0.1, 0.15) is 5.84 Å². The Morgan fingerprint density at radius 1 is 1.35 bits per heavy atom. The first-order valence-corrected chi connectivity index (χ1v) is 7.71. The summed E-state index contributed by atoms with van der Waals surface area (Å²) in [6.45, 7) is 4.07. The van der Waals surface area contributed by atoms with E-state index in [1.165, 1.54) is 37.9 Å². The Labute approximate surface area is 109 Å². The van der Waals surface area contributed by atoms with Crippen LogP contribution in [0.2, 0.25) is 0 Å². The van der Waals surface area contributed by atoms with Gasteiger partial charge >= 0.3 is 0 Å². The normalized spacial score (nSPS) is 19.5. The van der Waals surface area contributed by atoms with Gasteiger partial charge in [-0.25, -0.2) is 0 Å². The molecule has 1 aliphatic rings. The number of hydrogen-bond acceptors (Lipinski definition) is 3. The van der Waals surface area contributed by atoms with E-state index in [0.717, 1.165) is 18.1 Å². The van der Waals surface area contributed by atoms with E-state index in [1.54, 1.807) is 0 Å². The first-order valence-electron chi connectivity index (χ1n) is 6.66. The Bertz CT molecular complexity index is 248. The largest absolute Gasteiger partial charge is 0.409 e. The summed E-state index contributed by atoms with van der Waals surface area (Å²) in [7, 11) is 0. The maximum atomic E-state index is 8.69. The van der Waals surface area contributed by atoms with Crippen LogP contribution >= 0.6 is 11.8 Å². The Kier molecular flexibility index (Phi) is 6.17. The molecule has 4 heteroatoms. The minimum absolute atomic E-state index is 0.179. The highest BCUT2D eigenvalue weighted by molar-refractivity contribution is 7.99. The molecule has 0 spiro atoms.